The number of carbonyl (C=O) groups is 2. The van der Waals surface area contributed by atoms with Crippen LogP contribution in [0.1, 0.15) is 41.6 Å². The Bertz CT molecular complexity index is 1480. The molecular formula is C34H38N2O7. The van der Waals surface area contributed by atoms with E-state index in [1.54, 1.807) is 43.3 Å². The fraction of sp³-hybridized carbons (Fsp3) is 0.353. The third-order valence-corrected chi connectivity index (χ3v) is 7.90. The average molecular weight is 587 g/mol. The number of hydrogen-bond acceptors (Lipinski definition) is 8. The highest BCUT2D eigenvalue weighted by atomic mass is 16.5. The summed E-state index contributed by atoms with van der Waals surface area (Å²) in [6.45, 7) is 8.62. The number of benzene rings is 3. The van der Waals surface area contributed by atoms with E-state index in [1.807, 2.05) is 31.2 Å². The van der Waals surface area contributed by atoms with E-state index in [0.29, 0.717) is 56.3 Å². The Kier molecular flexibility index (Phi) is 9.64. The second kappa shape index (κ2) is 13.8. The number of aromatic hydroxyl groups is 1. The molecule has 0 aromatic heterocycles. The molecule has 3 aromatic rings. The van der Waals surface area contributed by atoms with Crippen molar-refractivity contribution in [2.75, 3.05) is 46.0 Å². The molecule has 0 spiro atoms. The van der Waals surface area contributed by atoms with Crippen molar-refractivity contribution in [3.8, 4) is 17.2 Å². The molecule has 2 saturated heterocycles. The lowest BCUT2D eigenvalue weighted by Crippen LogP contribution is -2.38. The highest BCUT2D eigenvalue weighted by Crippen LogP contribution is 2.42. The van der Waals surface area contributed by atoms with E-state index in [-0.39, 0.29) is 22.8 Å². The maximum Gasteiger partial charge on any atom is 0.295 e. The van der Waals surface area contributed by atoms with E-state index in [2.05, 4.69) is 4.90 Å². The topological polar surface area (TPSA) is 109 Å². The van der Waals surface area contributed by atoms with Gasteiger partial charge in [0.15, 0.2) is 11.5 Å². The molecule has 9 heteroatoms. The standard InChI is InChI=1S/C34H38N2O7/c1-3-42-29-21-25(11-14-28(29)37)31-30(33(39)34(40)36(31)16-6-15-35-17-19-41-20-18-35)32(38)24-9-12-27(13-10-24)43-22-26-8-5-4-7-23(26)2/h4-5,7-14,21,31,37-38H,3,6,15-20,22H2,1-2H3/b32-30+. The van der Waals surface area contributed by atoms with Gasteiger partial charge in [0.25, 0.3) is 11.7 Å². The number of morpholine rings is 1. The van der Waals surface area contributed by atoms with Crippen LogP contribution >= 0.6 is 0 Å². The van der Waals surface area contributed by atoms with Gasteiger partial charge in [-0.25, -0.2) is 0 Å². The lowest BCUT2D eigenvalue weighted by atomic mass is 9.95. The van der Waals surface area contributed by atoms with Gasteiger partial charge < -0.3 is 29.3 Å². The number of nitrogens with zero attached hydrogens (tertiary/aromatic N) is 2. The van der Waals surface area contributed by atoms with Crippen LogP contribution in [0.5, 0.6) is 17.2 Å². The van der Waals surface area contributed by atoms with Gasteiger partial charge in [0, 0.05) is 31.7 Å². The first-order valence-electron chi connectivity index (χ1n) is 14.7. The Labute approximate surface area is 251 Å². The van der Waals surface area contributed by atoms with E-state index in [9.17, 15) is 19.8 Å². The van der Waals surface area contributed by atoms with Crippen molar-refractivity contribution in [2.24, 2.45) is 0 Å². The van der Waals surface area contributed by atoms with Crippen LogP contribution in [-0.2, 0) is 20.9 Å². The summed E-state index contributed by atoms with van der Waals surface area (Å²) in [7, 11) is 0. The molecular weight excluding hydrogens is 548 g/mol. The van der Waals surface area contributed by atoms with E-state index in [4.69, 9.17) is 14.2 Å². The largest absolute Gasteiger partial charge is 0.507 e. The highest BCUT2D eigenvalue weighted by molar-refractivity contribution is 6.46. The number of hydrogen-bond donors (Lipinski definition) is 2. The quantitative estimate of drug-likeness (QED) is 0.187. The van der Waals surface area contributed by atoms with Crippen LogP contribution in [0.15, 0.2) is 72.3 Å². The average Bonchev–Trinajstić information content (AvgIpc) is 3.27. The van der Waals surface area contributed by atoms with Crippen LogP contribution in [0, 0.1) is 6.92 Å². The number of amides is 1. The number of ketones is 1. The lowest BCUT2D eigenvalue weighted by molar-refractivity contribution is -0.140. The molecule has 2 heterocycles. The first-order valence-corrected chi connectivity index (χ1v) is 14.7. The van der Waals surface area contributed by atoms with Crippen molar-refractivity contribution in [1.82, 2.24) is 9.80 Å². The summed E-state index contributed by atoms with van der Waals surface area (Å²) >= 11 is 0. The van der Waals surface area contributed by atoms with Crippen molar-refractivity contribution >= 4 is 17.4 Å². The number of phenolic OH excluding ortho intramolecular Hbond substituents is 1. The number of rotatable bonds is 11. The highest BCUT2D eigenvalue weighted by Gasteiger charge is 2.46. The zero-order valence-corrected chi connectivity index (χ0v) is 24.6. The maximum atomic E-state index is 13.5. The van der Waals surface area contributed by atoms with Gasteiger partial charge in [0.1, 0.15) is 18.1 Å². The molecule has 2 aliphatic heterocycles. The molecule has 0 bridgehead atoms. The smallest absolute Gasteiger partial charge is 0.295 e. The van der Waals surface area contributed by atoms with Crippen molar-refractivity contribution < 1.29 is 34.0 Å². The van der Waals surface area contributed by atoms with Crippen molar-refractivity contribution in [2.45, 2.75) is 32.9 Å². The molecule has 0 saturated carbocycles. The number of likely N-dealkylation sites (tertiary alicyclic amines) is 1. The number of phenols is 1. The Morgan fingerprint density at radius 2 is 1.72 bits per heavy atom. The number of carbonyl (C=O) groups excluding carboxylic acids is 2. The van der Waals surface area contributed by atoms with Gasteiger partial charge in [-0.3, -0.25) is 14.5 Å². The zero-order valence-electron chi connectivity index (χ0n) is 24.6. The van der Waals surface area contributed by atoms with Gasteiger partial charge in [0.05, 0.1) is 31.4 Å². The summed E-state index contributed by atoms with van der Waals surface area (Å²) in [6.07, 6.45) is 0.646. The molecule has 5 rings (SSSR count). The van der Waals surface area contributed by atoms with Crippen LogP contribution < -0.4 is 9.47 Å². The Morgan fingerprint density at radius 1 is 0.977 bits per heavy atom. The van der Waals surface area contributed by atoms with E-state index in [1.165, 1.54) is 11.0 Å². The summed E-state index contributed by atoms with van der Waals surface area (Å²) in [5.74, 6) is -0.877. The number of Topliss-reactive ketones (excluding diaryl/α,β-unsaturated/α-hetero) is 1. The van der Waals surface area contributed by atoms with Crippen molar-refractivity contribution in [1.29, 1.82) is 0 Å². The van der Waals surface area contributed by atoms with Crippen LogP contribution in [0.2, 0.25) is 0 Å². The molecule has 3 aromatic carbocycles. The van der Waals surface area contributed by atoms with Gasteiger partial charge in [0.2, 0.25) is 0 Å². The maximum absolute atomic E-state index is 13.5. The monoisotopic (exact) mass is 586 g/mol. The number of aliphatic hydroxyl groups is 1. The fourth-order valence-corrected chi connectivity index (χ4v) is 5.52. The zero-order chi connectivity index (χ0) is 30.3. The van der Waals surface area contributed by atoms with Crippen molar-refractivity contribution in [3.05, 3.63) is 94.6 Å². The van der Waals surface area contributed by atoms with Gasteiger partial charge in [-0.05, 0) is 73.4 Å². The molecule has 226 valence electrons. The SMILES string of the molecule is CCOc1cc(C2/C(=C(\O)c3ccc(OCc4ccccc4C)cc3)C(=O)C(=O)N2CCCN2CCOCC2)ccc1O. The van der Waals surface area contributed by atoms with Gasteiger partial charge in [-0.15, -0.1) is 0 Å². The van der Waals surface area contributed by atoms with Gasteiger partial charge in [-0.2, -0.15) is 0 Å². The second-order valence-electron chi connectivity index (χ2n) is 10.7. The summed E-state index contributed by atoms with van der Waals surface area (Å²) < 4.78 is 17.0. The minimum atomic E-state index is -0.846. The summed E-state index contributed by atoms with van der Waals surface area (Å²) in [6, 6.07) is 18.7. The number of aryl methyl sites for hydroxylation is 1. The lowest BCUT2D eigenvalue weighted by Gasteiger charge is -2.29. The summed E-state index contributed by atoms with van der Waals surface area (Å²) in [4.78, 5) is 30.6. The van der Waals surface area contributed by atoms with E-state index >= 15 is 0 Å². The van der Waals surface area contributed by atoms with Crippen LogP contribution in [-0.4, -0.2) is 77.7 Å². The third kappa shape index (κ3) is 6.84. The van der Waals surface area contributed by atoms with Crippen molar-refractivity contribution in [3.63, 3.8) is 0 Å². The Morgan fingerprint density at radius 3 is 2.44 bits per heavy atom. The van der Waals surface area contributed by atoms with Crippen LogP contribution in [0.3, 0.4) is 0 Å². The van der Waals surface area contributed by atoms with Gasteiger partial charge in [-0.1, -0.05) is 30.3 Å². The van der Waals surface area contributed by atoms with Crippen LogP contribution in [0.25, 0.3) is 5.76 Å². The minimum absolute atomic E-state index is 0.00177. The molecule has 2 fully saturated rings. The number of aliphatic hydroxyl groups excluding tert-OH is 1. The molecule has 2 N–H and O–H groups in total. The minimum Gasteiger partial charge on any atom is -0.507 e. The number of ether oxygens (including phenoxy) is 3. The molecule has 0 radical (unpaired) electrons. The third-order valence-electron chi connectivity index (χ3n) is 7.90. The fourth-order valence-electron chi connectivity index (χ4n) is 5.52. The molecule has 9 nitrogen and oxygen atoms in total. The van der Waals surface area contributed by atoms with E-state index in [0.717, 1.165) is 30.8 Å². The Hall–Kier alpha value is -4.34. The normalized spacial score (nSPS) is 18.7. The molecule has 1 unspecified atom stereocenters. The summed E-state index contributed by atoms with van der Waals surface area (Å²) in [5, 5.41) is 21.8. The van der Waals surface area contributed by atoms with E-state index < -0.39 is 17.7 Å². The predicted molar refractivity (Wildman–Crippen MR) is 162 cm³/mol. The first kappa shape index (κ1) is 30.1. The van der Waals surface area contributed by atoms with Gasteiger partial charge >= 0.3 is 0 Å². The van der Waals surface area contributed by atoms with Crippen LogP contribution in [0.4, 0.5) is 0 Å². The first-order chi connectivity index (χ1) is 20.9. The molecule has 1 amide bonds. The molecule has 0 aliphatic carbocycles. The predicted octanol–water partition coefficient (Wildman–Crippen LogP) is 4.82. The summed E-state index contributed by atoms with van der Waals surface area (Å²) in [5.41, 5.74) is 3.16. The molecule has 43 heavy (non-hydrogen) atoms. The molecule has 1 atom stereocenters. The molecule has 2 aliphatic rings. The second-order valence-corrected chi connectivity index (χ2v) is 10.7. The Balaban J connectivity index is 1.43.